The largest absolute Gasteiger partial charge is 0.397 e. The maximum absolute atomic E-state index is 6.11. The lowest BCUT2D eigenvalue weighted by Gasteiger charge is -2.25. The first-order valence-corrected chi connectivity index (χ1v) is 7.27. The van der Waals surface area contributed by atoms with Gasteiger partial charge in [-0.15, -0.1) is 0 Å². The summed E-state index contributed by atoms with van der Waals surface area (Å²) in [5, 5.41) is 4.52. The average molecular weight is 272 g/mol. The van der Waals surface area contributed by atoms with Crippen LogP contribution in [-0.2, 0) is 20.0 Å². The van der Waals surface area contributed by atoms with Crippen molar-refractivity contribution in [2.24, 2.45) is 7.05 Å². The third-order valence-corrected chi connectivity index (χ3v) is 3.51. The van der Waals surface area contributed by atoms with Crippen LogP contribution in [0.3, 0.4) is 0 Å². The zero-order chi connectivity index (χ0) is 14.5. The second-order valence-corrected chi connectivity index (χ2v) is 5.08. The normalized spacial score (nSPS) is 10.8. The van der Waals surface area contributed by atoms with E-state index in [1.807, 2.05) is 29.9 Å². The molecule has 0 atom stereocenters. The topological polar surface area (TPSA) is 47.1 Å². The Balaban J connectivity index is 2.25. The number of aromatic nitrogens is 2. The molecule has 2 N–H and O–H groups in total. The number of rotatable bonds is 6. The Morgan fingerprint density at radius 2 is 2.00 bits per heavy atom. The molecule has 108 valence electrons. The van der Waals surface area contributed by atoms with Gasteiger partial charge in [-0.2, -0.15) is 5.10 Å². The number of nitrogen functional groups attached to an aromatic ring is 1. The van der Waals surface area contributed by atoms with E-state index in [0.29, 0.717) is 0 Å². The number of aryl methyl sites for hydroxylation is 2. The minimum Gasteiger partial charge on any atom is -0.397 e. The molecule has 0 spiro atoms. The summed E-state index contributed by atoms with van der Waals surface area (Å²) >= 11 is 0. The Hall–Kier alpha value is -1.97. The van der Waals surface area contributed by atoms with E-state index in [-0.39, 0.29) is 0 Å². The summed E-state index contributed by atoms with van der Waals surface area (Å²) < 4.78 is 1.97. The second-order valence-electron chi connectivity index (χ2n) is 5.08. The lowest BCUT2D eigenvalue weighted by atomic mass is 10.2. The summed E-state index contributed by atoms with van der Waals surface area (Å²) in [5.74, 6) is 0. The maximum Gasteiger partial charge on any atom is 0.0625 e. The van der Waals surface area contributed by atoms with E-state index in [4.69, 9.17) is 5.73 Å². The molecule has 0 aliphatic heterocycles. The van der Waals surface area contributed by atoms with Crippen LogP contribution in [-0.4, -0.2) is 16.3 Å². The van der Waals surface area contributed by atoms with E-state index in [1.165, 1.54) is 5.69 Å². The standard InChI is InChI=1S/C16H24N4/c1-4-10-20(16-9-7-6-8-15(16)17)12-14-11-13(5-2)18-19(14)3/h6-9,11H,4-5,10,12,17H2,1-3H3. The fourth-order valence-corrected chi connectivity index (χ4v) is 2.42. The van der Waals surface area contributed by atoms with Gasteiger partial charge in [0, 0.05) is 13.6 Å². The molecule has 2 rings (SSSR count). The van der Waals surface area contributed by atoms with Crippen molar-refractivity contribution in [3.8, 4) is 0 Å². The van der Waals surface area contributed by atoms with E-state index < -0.39 is 0 Å². The highest BCUT2D eigenvalue weighted by atomic mass is 15.3. The molecule has 0 aliphatic carbocycles. The van der Waals surface area contributed by atoms with Gasteiger partial charge >= 0.3 is 0 Å². The van der Waals surface area contributed by atoms with Gasteiger partial charge < -0.3 is 10.6 Å². The summed E-state index contributed by atoms with van der Waals surface area (Å²) in [7, 11) is 2.01. The van der Waals surface area contributed by atoms with E-state index >= 15 is 0 Å². The minimum absolute atomic E-state index is 0.832. The molecule has 0 unspecified atom stereocenters. The minimum atomic E-state index is 0.832. The monoisotopic (exact) mass is 272 g/mol. The van der Waals surface area contributed by atoms with Gasteiger partial charge in [0.05, 0.1) is 29.3 Å². The van der Waals surface area contributed by atoms with Crippen molar-refractivity contribution in [2.75, 3.05) is 17.2 Å². The van der Waals surface area contributed by atoms with Gasteiger partial charge in [0.1, 0.15) is 0 Å². The molecule has 2 aromatic rings. The molecule has 1 aromatic carbocycles. The summed E-state index contributed by atoms with van der Waals surface area (Å²) in [4.78, 5) is 2.33. The highest BCUT2D eigenvalue weighted by Crippen LogP contribution is 2.24. The lowest BCUT2D eigenvalue weighted by Crippen LogP contribution is -2.25. The fourth-order valence-electron chi connectivity index (χ4n) is 2.42. The number of nitrogens with zero attached hydrogens (tertiary/aromatic N) is 3. The summed E-state index contributed by atoms with van der Waals surface area (Å²) in [6, 6.07) is 10.2. The Morgan fingerprint density at radius 3 is 2.60 bits per heavy atom. The molecule has 0 radical (unpaired) electrons. The Morgan fingerprint density at radius 1 is 1.25 bits per heavy atom. The van der Waals surface area contributed by atoms with E-state index in [0.717, 1.165) is 43.0 Å². The Bertz CT molecular complexity index is 559. The van der Waals surface area contributed by atoms with Gasteiger partial charge in [0.15, 0.2) is 0 Å². The third kappa shape index (κ3) is 3.13. The molecule has 0 bridgehead atoms. The molecule has 0 saturated heterocycles. The molecular weight excluding hydrogens is 248 g/mol. The van der Waals surface area contributed by atoms with Crippen molar-refractivity contribution >= 4 is 11.4 Å². The number of hydrogen-bond donors (Lipinski definition) is 1. The highest BCUT2D eigenvalue weighted by molar-refractivity contribution is 5.67. The molecule has 1 heterocycles. The lowest BCUT2D eigenvalue weighted by molar-refractivity contribution is 0.667. The zero-order valence-corrected chi connectivity index (χ0v) is 12.6. The van der Waals surface area contributed by atoms with Crippen LogP contribution in [0.25, 0.3) is 0 Å². The molecule has 20 heavy (non-hydrogen) atoms. The molecular formula is C16H24N4. The second kappa shape index (κ2) is 6.46. The van der Waals surface area contributed by atoms with Crippen molar-refractivity contribution in [3.05, 3.63) is 41.7 Å². The quantitative estimate of drug-likeness (QED) is 0.822. The first-order valence-electron chi connectivity index (χ1n) is 7.27. The van der Waals surface area contributed by atoms with Gasteiger partial charge in [0.25, 0.3) is 0 Å². The predicted octanol–water partition coefficient (Wildman–Crippen LogP) is 2.98. The van der Waals surface area contributed by atoms with Crippen LogP contribution in [0.2, 0.25) is 0 Å². The van der Waals surface area contributed by atoms with Gasteiger partial charge in [0.2, 0.25) is 0 Å². The van der Waals surface area contributed by atoms with Crippen molar-refractivity contribution in [2.45, 2.75) is 33.2 Å². The van der Waals surface area contributed by atoms with E-state index in [1.54, 1.807) is 0 Å². The molecule has 4 nitrogen and oxygen atoms in total. The van der Waals surface area contributed by atoms with Crippen LogP contribution in [0.4, 0.5) is 11.4 Å². The van der Waals surface area contributed by atoms with Crippen molar-refractivity contribution in [1.29, 1.82) is 0 Å². The first kappa shape index (κ1) is 14.4. The van der Waals surface area contributed by atoms with Crippen LogP contribution in [0.15, 0.2) is 30.3 Å². The average Bonchev–Trinajstić information content (AvgIpc) is 2.80. The van der Waals surface area contributed by atoms with Crippen molar-refractivity contribution in [3.63, 3.8) is 0 Å². The van der Waals surface area contributed by atoms with Crippen LogP contribution in [0.1, 0.15) is 31.7 Å². The van der Waals surface area contributed by atoms with Gasteiger partial charge in [-0.3, -0.25) is 4.68 Å². The summed E-state index contributed by atoms with van der Waals surface area (Å²) in [6.45, 7) is 6.14. The Kier molecular flexibility index (Phi) is 4.66. The number of hydrogen-bond acceptors (Lipinski definition) is 3. The van der Waals surface area contributed by atoms with Gasteiger partial charge in [-0.25, -0.2) is 0 Å². The number of nitrogens with two attached hydrogens (primary N) is 1. The zero-order valence-electron chi connectivity index (χ0n) is 12.6. The maximum atomic E-state index is 6.11. The molecule has 0 saturated carbocycles. The van der Waals surface area contributed by atoms with Crippen LogP contribution >= 0.6 is 0 Å². The molecule has 0 fully saturated rings. The van der Waals surface area contributed by atoms with Crippen molar-refractivity contribution in [1.82, 2.24) is 9.78 Å². The number of benzene rings is 1. The molecule has 0 amide bonds. The highest BCUT2D eigenvalue weighted by Gasteiger charge is 2.12. The van der Waals surface area contributed by atoms with Crippen LogP contribution < -0.4 is 10.6 Å². The van der Waals surface area contributed by atoms with Crippen LogP contribution in [0, 0.1) is 0 Å². The number of para-hydroxylation sites is 2. The van der Waals surface area contributed by atoms with Gasteiger partial charge in [-0.05, 0) is 31.0 Å². The number of anilines is 2. The van der Waals surface area contributed by atoms with Gasteiger partial charge in [-0.1, -0.05) is 26.0 Å². The van der Waals surface area contributed by atoms with Crippen molar-refractivity contribution < 1.29 is 0 Å². The smallest absolute Gasteiger partial charge is 0.0625 e. The first-order chi connectivity index (χ1) is 9.65. The third-order valence-electron chi connectivity index (χ3n) is 3.51. The summed E-state index contributed by atoms with van der Waals surface area (Å²) in [5.41, 5.74) is 10.4. The molecule has 1 aromatic heterocycles. The summed E-state index contributed by atoms with van der Waals surface area (Å²) in [6.07, 6.45) is 2.06. The molecule has 4 heteroatoms. The predicted molar refractivity (Wildman–Crippen MR) is 84.8 cm³/mol. The molecule has 0 aliphatic rings. The fraction of sp³-hybridized carbons (Fsp3) is 0.438. The SMILES string of the molecule is CCCN(Cc1cc(CC)nn1C)c1ccccc1N. The van der Waals surface area contributed by atoms with E-state index in [2.05, 4.69) is 36.0 Å². The van der Waals surface area contributed by atoms with E-state index in [9.17, 15) is 0 Å². The van der Waals surface area contributed by atoms with Crippen LogP contribution in [0.5, 0.6) is 0 Å². The Labute approximate surface area is 121 Å².